The Balaban J connectivity index is 1.99. The van der Waals surface area contributed by atoms with Crippen LogP contribution < -0.4 is 10.2 Å². The normalized spacial score (nSPS) is 27.6. The number of nitro benzene ring substituents is 1. The molecular weight excluding hydrogens is 254 g/mol. The van der Waals surface area contributed by atoms with Gasteiger partial charge in [0.05, 0.1) is 4.92 Å². The van der Waals surface area contributed by atoms with Crippen LogP contribution >= 0.6 is 0 Å². The summed E-state index contributed by atoms with van der Waals surface area (Å²) in [6.07, 6.45) is 0. The van der Waals surface area contributed by atoms with Gasteiger partial charge in [0.2, 0.25) is 0 Å². The number of rotatable bonds is 2. The molecule has 0 aliphatic carbocycles. The van der Waals surface area contributed by atoms with Gasteiger partial charge in [-0.05, 0) is 44.2 Å². The predicted molar refractivity (Wildman–Crippen MR) is 79.1 cm³/mol. The van der Waals surface area contributed by atoms with Crippen molar-refractivity contribution in [3.8, 4) is 0 Å². The molecule has 2 aliphatic heterocycles. The molecule has 108 valence electrons. The molecule has 5 nitrogen and oxygen atoms in total. The molecule has 1 N–H and O–H groups in total. The number of hydrogen-bond donors (Lipinski definition) is 1. The number of nitro groups is 1. The van der Waals surface area contributed by atoms with E-state index in [0.717, 1.165) is 30.9 Å². The second kappa shape index (κ2) is 4.45. The summed E-state index contributed by atoms with van der Waals surface area (Å²) in [6.45, 7) is 9.49. The van der Waals surface area contributed by atoms with Gasteiger partial charge in [-0.1, -0.05) is 0 Å². The van der Waals surface area contributed by atoms with E-state index in [1.54, 1.807) is 12.1 Å². The van der Waals surface area contributed by atoms with Crippen LogP contribution in [-0.2, 0) is 0 Å². The van der Waals surface area contributed by atoms with Crippen LogP contribution in [0.3, 0.4) is 0 Å². The molecule has 2 heterocycles. The average Bonchev–Trinajstić information content (AvgIpc) is 2.91. The van der Waals surface area contributed by atoms with E-state index in [9.17, 15) is 10.1 Å². The Kier molecular flexibility index (Phi) is 2.97. The first-order chi connectivity index (χ1) is 9.39. The zero-order chi connectivity index (χ0) is 14.5. The molecule has 0 aromatic heterocycles. The molecular formula is C15H21N3O2. The maximum Gasteiger partial charge on any atom is 0.271 e. The fourth-order valence-corrected chi connectivity index (χ4v) is 3.86. The maximum atomic E-state index is 11.1. The zero-order valence-corrected chi connectivity index (χ0v) is 12.2. The van der Waals surface area contributed by atoms with E-state index < -0.39 is 0 Å². The molecule has 0 amide bonds. The van der Waals surface area contributed by atoms with Crippen LogP contribution in [0.15, 0.2) is 18.2 Å². The summed E-state index contributed by atoms with van der Waals surface area (Å²) in [4.78, 5) is 13.1. The number of benzene rings is 1. The molecule has 5 heteroatoms. The second-order valence-electron chi connectivity index (χ2n) is 6.57. The molecule has 1 aromatic carbocycles. The molecule has 0 saturated carbocycles. The van der Waals surface area contributed by atoms with Gasteiger partial charge in [-0.25, -0.2) is 0 Å². The van der Waals surface area contributed by atoms with Crippen LogP contribution in [-0.4, -0.2) is 30.1 Å². The maximum absolute atomic E-state index is 11.1. The first-order valence-electron chi connectivity index (χ1n) is 7.14. The van der Waals surface area contributed by atoms with Crippen molar-refractivity contribution < 1.29 is 4.92 Å². The van der Waals surface area contributed by atoms with Gasteiger partial charge in [0.15, 0.2) is 0 Å². The molecule has 2 aliphatic rings. The fraction of sp³-hybridized carbons (Fsp3) is 0.600. The number of anilines is 1. The average molecular weight is 275 g/mol. The Morgan fingerprint density at radius 1 is 1.35 bits per heavy atom. The van der Waals surface area contributed by atoms with Gasteiger partial charge in [0.1, 0.15) is 0 Å². The van der Waals surface area contributed by atoms with Crippen LogP contribution in [0, 0.1) is 28.9 Å². The van der Waals surface area contributed by atoms with Crippen molar-refractivity contribution in [2.45, 2.75) is 26.3 Å². The standard InChI is InChI=1S/C15H21N3O2/c1-10-4-12(6-13(5-10)18(19)20)17-9-11-7-16-8-14(11)15(17,2)3/h4-6,11,14,16H,7-9H2,1-3H3. The quantitative estimate of drug-likeness (QED) is 0.665. The Morgan fingerprint density at radius 2 is 2.10 bits per heavy atom. The van der Waals surface area contributed by atoms with E-state index in [4.69, 9.17) is 0 Å². The summed E-state index contributed by atoms with van der Waals surface area (Å²) in [6, 6.07) is 5.40. The second-order valence-corrected chi connectivity index (χ2v) is 6.57. The highest BCUT2D eigenvalue weighted by Gasteiger charge is 2.49. The van der Waals surface area contributed by atoms with Crippen molar-refractivity contribution in [3.05, 3.63) is 33.9 Å². The number of non-ortho nitro benzene ring substituents is 1. The Labute approximate surface area is 119 Å². The lowest BCUT2D eigenvalue weighted by Gasteiger charge is -2.37. The molecule has 0 bridgehead atoms. The monoisotopic (exact) mass is 275 g/mol. The molecule has 1 aromatic rings. The lowest BCUT2D eigenvalue weighted by molar-refractivity contribution is -0.384. The zero-order valence-electron chi connectivity index (χ0n) is 12.2. The van der Waals surface area contributed by atoms with Crippen molar-refractivity contribution >= 4 is 11.4 Å². The van der Waals surface area contributed by atoms with E-state index in [1.165, 1.54) is 0 Å². The summed E-state index contributed by atoms with van der Waals surface area (Å²) in [5, 5.41) is 14.5. The minimum atomic E-state index is -0.304. The van der Waals surface area contributed by atoms with Gasteiger partial charge in [-0.3, -0.25) is 10.1 Å². The Morgan fingerprint density at radius 3 is 2.75 bits per heavy atom. The number of aryl methyl sites for hydroxylation is 1. The van der Waals surface area contributed by atoms with E-state index in [0.29, 0.717) is 11.8 Å². The SMILES string of the molecule is Cc1cc(N2CC3CNCC3C2(C)C)cc([N+](=O)[O-])c1. The molecule has 3 rings (SSSR count). The van der Waals surface area contributed by atoms with Crippen molar-refractivity contribution in [1.29, 1.82) is 0 Å². The van der Waals surface area contributed by atoms with Gasteiger partial charge in [-0.15, -0.1) is 0 Å². The van der Waals surface area contributed by atoms with Gasteiger partial charge in [0, 0.05) is 43.0 Å². The molecule has 0 spiro atoms. The highest BCUT2D eigenvalue weighted by atomic mass is 16.6. The minimum absolute atomic E-state index is 0.0375. The third-order valence-corrected chi connectivity index (χ3v) is 4.93. The number of nitrogens with one attached hydrogen (secondary N) is 1. The third kappa shape index (κ3) is 1.97. The van der Waals surface area contributed by atoms with E-state index in [1.807, 2.05) is 6.92 Å². The largest absolute Gasteiger partial charge is 0.366 e. The molecule has 2 atom stereocenters. The summed E-state index contributed by atoms with van der Waals surface area (Å²) in [5.41, 5.74) is 2.15. The van der Waals surface area contributed by atoms with Gasteiger partial charge >= 0.3 is 0 Å². The lowest BCUT2D eigenvalue weighted by Crippen LogP contribution is -2.44. The van der Waals surface area contributed by atoms with E-state index >= 15 is 0 Å². The molecule has 2 fully saturated rings. The first-order valence-corrected chi connectivity index (χ1v) is 7.14. The van der Waals surface area contributed by atoms with E-state index in [2.05, 4.69) is 30.1 Å². The van der Waals surface area contributed by atoms with Crippen LogP contribution in [0.2, 0.25) is 0 Å². The molecule has 20 heavy (non-hydrogen) atoms. The summed E-state index contributed by atoms with van der Waals surface area (Å²) >= 11 is 0. The van der Waals surface area contributed by atoms with Crippen molar-refractivity contribution in [2.24, 2.45) is 11.8 Å². The third-order valence-electron chi connectivity index (χ3n) is 4.93. The summed E-state index contributed by atoms with van der Waals surface area (Å²) in [7, 11) is 0. The van der Waals surface area contributed by atoms with Crippen LogP contribution in [0.4, 0.5) is 11.4 Å². The Hall–Kier alpha value is -1.62. The number of nitrogens with zero attached hydrogens (tertiary/aromatic N) is 2. The minimum Gasteiger partial charge on any atom is -0.366 e. The first kappa shape index (κ1) is 13.4. The molecule has 2 unspecified atom stereocenters. The molecule has 2 saturated heterocycles. The van der Waals surface area contributed by atoms with Crippen LogP contribution in [0.1, 0.15) is 19.4 Å². The van der Waals surface area contributed by atoms with E-state index in [-0.39, 0.29) is 16.1 Å². The Bertz CT molecular complexity index is 556. The predicted octanol–water partition coefficient (Wildman–Crippen LogP) is 2.34. The van der Waals surface area contributed by atoms with Gasteiger partial charge in [0.25, 0.3) is 5.69 Å². The van der Waals surface area contributed by atoms with Crippen molar-refractivity contribution in [2.75, 3.05) is 24.5 Å². The lowest BCUT2D eigenvalue weighted by atomic mass is 9.84. The number of fused-ring (bicyclic) bond motifs is 1. The van der Waals surface area contributed by atoms with Gasteiger partial charge in [-0.2, -0.15) is 0 Å². The topological polar surface area (TPSA) is 58.4 Å². The number of hydrogen-bond acceptors (Lipinski definition) is 4. The highest BCUT2D eigenvalue weighted by molar-refractivity contribution is 5.58. The highest BCUT2D eigenvalue weighted by Crippen LogP contribution is 2.43. The fourth-order valence-electron chi connectivity index (χ4n) is 3.86. The summed E-state index contributed by atoms with van der Waals surface area (Å²) in [5.74, 6) is 1.26. The smallest absolute Gasteiger partial charge is 0.271 e. The van der Waals surface area contributed by atoms with Crippen LogP contribution in [0.5, 0.6) is 0 Å². The molecule has 0 radical (unpaired) electrons. The van der Waals surface area contributed by atoms with Crippen LogP contribution in [0.25, 0.3) is 0 Å². The van der Waals surface area contributed by atoms with Gasteiger partial charge < -0.3 is 10.2 Å². The van der Waals surface area contributed by atoms with Crippen molar-refractivity contribution in [1.82, 2.24) is 5.32 Å². The van der Waals surface area contributed by atoms with Crippen molar-refractivity contribution in [3.63, 3.8) is 0 Å². The summed E-state index contributed by atoms with van der Waals surface area (Å²) < 4.78 is 0.